The second-order valence-electron chi connectivity index (χ2n) is 6.76. The predicted molar refractivity (Wildman–Crippen MR) is 100 cm³/mol. The Balaban J connectivity index is 1.67. The van der Waals surface area contributed by atoms with E-state index >= 15 is 0 Å². The summed E-state index contributed by atoms with van der Waals surface area (Å²) in [5.41, 5.74) is 1.23. The van der Waals surface area contributed by atoms with E-state index < -0.39 is 0 Å². The minimum absolute atomic E-state index is 0.135. The van der Waals surface area contributed by atoms with Crippen LogP contribution in [0.4, 0.5) is 0 Å². The monoisotopic (exact) mass is 352 g/mol. The molecule has 0 aliphatic carbocycles. The van der Waals surface area contributed by atoms with E-state index in [2.05, 4.69) is 0 Å². The molecule has 2 aromatic rings. The molecule has 1 aliphatic rings. The van der Waals surface area contributed by atoms with Crippen LogP contribution in [-0.4, -0.2) is 34.2 Å². The Morgan fingerprint density at radius 2 is 1.92 bits per heavy atom. The minimum atomic E-state index is -0.174. The van der Waals surface area contributed by atoms with Crippen LogP contribution in [0.5, 0.6) is 0 Å². The van der Waals surface area contributed by atoms with Gasteiger partial charge in [-0.15, -0.1) is 0 Å². The Hall–Kier alpha value is -2.69. The SMILES string of the molecule is CCn1ccc(C(=O)N2CCC[C@@H](C(=O)Cc3ccccc3)C2)cc1=O. The second-order valence-corrected chi connectivity index (χ2v) is 6.76. The molecule has 1 aromatic heterocycles. The fourth-order valence-corrected chi connectivity index (χ4v) is 3.45. The van der Waals surface area contributed by atoms with Gasteiger partial charge in [0.15, 0.2) is 0 Å². The average Bonchev–Trinajstić information content (AvgIpc) is 2.68. The van der Waals surface area contributed by atoms with Crippen molar-refractivity contribution >= 4 is 11.7 Å². The average molecular weight is 352 g/mol. The third-order valence-electron chi connectivity index (χ3n) is 4.97. The van der Waals surface area contributed by atoms with Crippen LogP contribution < -0.4 is 5.56 Å². The smallest absolute Gasteiger partial charge is 0.254 e. The van der Waals surface area contributed by atoms with E-state index in [0.29, 0.717) is 31.6 Å². The predicted octanol–water partition coefficient (Wildman–Crippen LogP) is 2.53. The molecule has 136 valence electrons. The van der Waals surface area contributed by atoms with Crippen molar-refractivity contribution in [2.75, 3.05) is 13.1 Å². The Labute approximate surface area is 153 Å². The summed E-state index contributed by atoms with van der Waals surface area (Å²) in [7, 11) is 0. The molecule has 1 aliphatic heterocycles. The molecule has 1 amide bonds. The number of benzene rings is 1. The van der Waals surface area contributed by atoms with Gasteiger partial charge in [-0.2, -0.15) is 0 Å². The van der Waals surface area contributed by atoms with Crippen molar-refractivity contribution < 1.29 is 9.59 Å². The lowest BCUT2D eigenvalue weighted by molar-refractivity contribution is -0.123. The number of ketones is 1. The molecule has 26 heavy (non-hydrogen) atoms. The van der Waals surface area contributed by atoms with Crippen molar-refractivity contribution in [3.63, 3.8) is 0 Å². The highest BCUT2D eigenvalue weighted by Gasteiger charge is 2.28. The van der Waals surface area contributed by atoms with E-state index in [1.807, 2.05) is 37.3 Å². The molecule has 5 heteroatoms. The molecule has 1 aromatic carbocycles. The molecular weight excluding hydrogens is 328 g/mol. The van der Waals surface area contributed by atoms with Crippen LogP contribution >= 0.6 is 0 Å². The largest absolute Gasteiger partial charge is 0.338 e. The van der Waals surface area contributed by atoms with E-state index in [-0.39, 0.29) is 23.2 Å². The fourth-order valence-electron chi connectivity index (χ4n) is 3.45. The van der Waals surface area contributed by atoms with Crippen LogP contribution in [0, 0.1) is 5.92 Å². The number of nitrogens with zero attached hydrogens (tertiary/aromatic N) is 2. The molecular formula is C21H24N2O3. The van der Waals surface area contributed by atoms with E-state index in [1.54, 1.807) is 21.7 Å². The zero-order chi connectivity index (χ0) is 18.5. The Morgan fingerprint density at radius 3 is 2.62 bits per heavy atom. The first-order chi connectivity index (χ1) is 12.6. The number of hydrogen-bond acceptors (Lipinski definition) is 3. The van der Waals surface area contributed by atoms with E-state index in [0.717, 1.165) is 18.4 Å². The molecule has 3 rings (SSSR count). The van der Waals surface area contributed by atoms with Gasteiger partial charge in [0.1, 0.15) is 5.78 Å². The number of carbonyl (C=O) groups excluding carboxylic acids is 2. The molecule has 0 N–H and O–H groups in total. The van der Waals surface area contributed by atoms with Gasteiger partial charge in [-0.3, -0.25) is 14.4 Å². The molecule has 1 saturated heterocycles. The summed E-state index contributed by atoms with van der Waals surface area (Å²) >= 11 is 0. The maximum atomic E-state index is 12.7. The standard InChI is InChI=1S/C21H24N2O3/c1-2-22-12-10-17(14-20(22)25)21(26)23-11-6-9-18(15-23)19(24)13-16-7-4-3-5-8-16/h3-5,7-8,10,12,14,18H,2,6,9,11,13,15H2,1H3/t18-/m1/s1. The van der Waals surface area contributed by atoms with Gasteiger partial charge in [-0.1, -0.05) is 30.3 Å². The van der Waals surface area contributed by atoms with Gasteiger partial charge in [0, 0.05) is 49.8 Å². The van der Waals surface area contributed by atoms with Gasteiger partial charge in [-0.05, 0) is 31.4 Å². The van der Waals surface area contributed by atoms with Crippen molar-refractivity contribution in [3.8, 4) is 0 Å². The third kappa shape index (κ3) is 4.10. The highest BCUT2D eigenvalue weighted by Crippen LogP contribution is 2.21. The molecule has 0 unspecified atom stereocenters. The highest BCUT2D eigenvalue weighted by molar-refractivity contribution is 5.94. The molecule has 0 bridgehead atoms. The van der Waals surface area contributed by atoms with Crippen LogP contribution in [0.3, 0.4) is 0 Å². The van der Waals surface area contributed by atoms with Crippen LogP contribution in [0.1, 0.15) is 35.7 Å². The normalized spacial score (nSPS) is 17.1. The summed E-state index contributed by atoms with van der Waals surface area (Å²) < 4.78 is 1.55. The first-order valence-corrected chi connectivity index (χ1v) is 9.15. The van der Waals surface area contributed by atoms with Gasteiger partial charge >= 0.3 is 0 Å². The number of likely N-dealkylation sites (tertiary alicyclic amines) is 1. The van der Waals surface area contributed by atoms with Gasteiger partial charge in [0.05, 0.1) is 0 Å². The molecule has 1 atom stereocenters. The lowest BCUT2D eigenvalue weighted by Crippen LogP contribution is -2.43. The van der Waals surface area contributed by atoms with E-state index in [1.165, 1.54) is 6.07 Å². The number of amides is 1. The number of aromatic nitrogens is 1. The molecule has 1 fully saturated rings. The van der Waals surface area contributed by atoms with Crippen LogP contribution in [0.2, 0.25) is 0 Å². The summed E-state index contributed by atoms with van der Waals surface area (Å²) in [6, 6.07) is 12.8. The quantitative estimate of drug-likeness (QED) is 0.831. The van der Waals surface area contributed by atoms with Gasteiger partial charge in [0.25, 0.3) is 11.5 Å². The Morgan fingerprint density at radius 1 is 1.15 bits per heavy atom. The van der Waals surface area contributed by atoms with Crippen molar-refractivity contribution in [2.45, 2.75) is 32.7 Å². The number of aryl methyl sites for hydroxylation is 1. The van der Waals surface area contributed by atoms with Crippen LogP contribution in [-0.2, 0) is 17.8 Å². The van der Waals surface area contributed by atoms with E-state index in [4.69, 9.17) is 0 Å². The lowest BCUT2D eigenvalue weighted by Gasteiger charge is -2.32. The number of Topliss-reactive ketones (excluding diaryl/α,β-unsaturated/α-hetero) is 1. The van der Waals surface area contributed by atoms with Crippen molar-refractivity contribution in [1.29, 1.82) is 0 Å². The first kappa shape index (κ1) is 18.1. The third-order valence-corrected chi connectivity index (χ3v) is 4.97. The van der Waals surface area contributed by atoms with Crippen LogP contribution in [0.25, 0.3) is 0 Å². The summed E-state index contributed by atoms with van der Waals surface area (Å²) in [6.45, 7) is 3.52. The Kier molecular flexibility index (Phi) is 5.66. The van der Waals surface area contributed by atoms with Crippen LogP contribution in [0.15, 0.2) is 53.5 Å². The zero-order valence-electron chi connectivity index (χ0n) is 15.1. The summed E-state index contributed by atoms with van der Waals surface area (Å²) in [5, 5.41) is 0. The number of carbonyl (C=O) groups is 2. The van der Waals surface area contributed by atoms with Gasteiger partial charge < -0.3 is 9.47 Å². The molecule has 0 saturated carbocycles. The number of pyridine rings is 1. The molecule has 2 heterocycles. The number of rotatable bonds is 5. The van der Waals surface area contributed by atoms with Crippen molar-refractivity contribution in [1.82, 2.24) is 9.47 Å². The molecule has 0 spiro atoms. The lowest BCUT2D eigenvalue weighted by atomic mass is 9.90. The topological polar surface area (TPSA) is 59.4 Å². The van der Waals surface area contributed by atoms with Crippen molar-refractivity contribution in [3.05, 3.63) is 70.1 Å². The number of piperidine rings is 1. The van der Waals surface area contributed by atoms with E-state index in [9.17, 15) is 14.4 Å². The molecule has 5 nitrogen and oxygen atoms in total. The Bertz CT molecular complexity index is 842. The summed E-state index contributed by atoms with van der Waals surface area (Å²) in [5.74, 6) is -0.124. The van der Waals surface area contributed by atoms with Gasteiger partial charge in [0.2, 0.25) is 0 Å². The highest BCUT2D eigenvalue weighted by atomic mass is 16.2. The zero-order valence-corrected chi connectivity index (χ0v) is 15.1. The summed E-state index contributed by atoms with van der Waals surface area (Å²) in [6.07, 6.45) is 3.67. The number of hydrogen-bond donors (Lipinski definition) is 0. The second kappa shape index (κ2) is 8.13. The molecule has 0 radical (unpaired) electrons. The fraction of sp³-hybridized carbons (Fsp3) is 0.381. The maximum absolute atomic E-state index is 12.7. The van der Waals surface area contributed by atoms with Crippen molar-refractivity contribution in [2.24, 2.45) is 5.92 Å². The maximum Gasteiger partial charge on any atom is 0.254 e. The van der Waals surface area contributed by atoms with Gasteiger partial charge in [-0.25, -0.2) is 0 Å². The summed E-state index contributed by atoms with van der Waals surface area (Å²) in [4.78, 5) is 39.0. The first-order valence-electron chi connectivity index (χ1n) is 9.15. The minimum Gasteiger partial charge on any atom is -0.338 e.